The van der Waals surface area contributed by atoms with Crippen LogP contribution in [0.5, 0.6) is 11.5 Å². The van der Waals surface area contributed by atoms with E-state index < -0.39 is 41.3 Å². The third-order valence-corrected chi connectivity index (χ3v) is 6.13. The lowest BCUT2D eigenvalue weighted by atomic mass is 9.70. The van der Waals surface area contributed by atoms with Crippen molar-refractivity contribution in [3.05, 3.63) is 89.5 Å². The third kappa shape index (κ3) is 3.89. The average Bonchev–Trinajstić information content (AvgIpc) is 2.83. The van der Waals surface area contributed by atoms with Gasteiger partial charge in [0.25, 0.3) is 0 Å². The van der Waals surface area contributed by atoms with Crippen LogP contribution in [0.25, 0.3) is 0 Å². The minimum atomic E-state index is -1.46. The van der Waals surface area contributed by atoms with Crippen molar-refractivity contribution in [2.24, 2.45) is 11.8 Å². The highest BCUT2D eigenvalue weighted by atomic mass is 16.5. The molecule has 5 rings (SSSR count). The second-order valence-electron chi connectivity index (χ2n) is 8.35. The molecule has 0 saturated carbocycles. The van der Waals surface area contributed by atoms with Crippen LogP contribution >= 0.6 is 0 Å². The maximum absolute atomic E-state index is 13.5. The van der Waals surface area contributed by atoms with Crippen molar-refractivity contribution in [3.8, 4) is 11.5 Å². The van der Waals surface area contributed by atoms with E-state index in [2.05, 4.69) is 5.32 Å². The summed E-state index contributed by atoms with van der Waals surface area (Å²) in [7, 11) is 0. The molecule has 3 aromatic rings. The van der Waals surface area contributed by atoms with Gasteiger partial charge in [0.2, 0.25) is 5.91 Å². The number of para-hydroxylation sites is 2. The summed E-state index contributed by atoms with van der Waals surface area (Å²) in [5.41, 5.74) is 1.23. The lowest BCUT2D eigenvalue weighted by molar-refractivity contribution is -0.142. The van der Waals surface area contributed by atoms with E-state index in [1.54, 1.807) is 48.5 Å². The number of rotatable bonds is 4. The Morgan fingerprint density at radius 2 is 1.17 bits per heavy atom. The zero-order chi connectivity index (χ0) is 24.7. The van der Waals surface area contributed by atoms with E-state index in [9.17, 15) is 24.0 Å². The first-order chi connectivity index (χ1) is 16.8. The molecule has 0 bridgehead atoms. The van der Waals surface area contributed by atoms with E-state index in [0.29, 0.717) is 11.3 Å². The Kier molecular flexibility index (Phi) is 5.49. The van der Waals surface area contributed by atoms with Crippen LogP contribution < -0.4 is 14.8 Å². The van der Waals surface area contributed by atoms with Gasteiger partial charge in [-0.1, -0.05) is 36.4 Å². The van der Waals surface area contributed by atoms with E-state index in [1.165, 1.54) is 31.2 Å². The van der Waals surface area contributed by atoms with Gasteiger partial charge >= 0.3 is 11.9 Å². The van der Waals surface area contributed by atoms with E-state index >= 15 is 0 Å². The molecule has 0 aliphatic carbocycles. The molecule has 0 radical (unpaired) electrons. The second kappa shape index (κ2) is 8.64. The Hall–Kier alpha value is -4.59. The molecule has 2 aliphatic rings. The standard InChI is InChI=1S/C27H19NO7/c1-14(29)28-16-12-10-15(11-13-16)21(22-24(30)17-6-2-4-8-19(17)34-26(22)32)23-25(31)18-7-3-5-9-20(18)35-27(23)33/h2-13,21-23H,1H3,(H,28,29). The van der Waals surface area contributed by atoms with Crippen molar-refractivity contribution in [1.29, 1.82) is 0 Å². The summed E-state index contributed by atoms with van der Waals surface area (Å²) in [6.45, 7) is 1.36. The Morgan fingerprint density at radius 1 is 0.714 bits per heavy atom. The van der Waals surface area contributed by atoms with Gasteiger partial charge in [-0.15, -0.1) is 0 Å². The van der Waals surface area contributed by atoms with E-state index in [4.69, 9.17) is 9.47 Å². The number of carbonyl (C=O) groups is 5. The van der Waals surface area contributed by atoms with Crippen LogP contribution in [-0.2, 0) is 14.4 Å². The topological polar surface area (TPSA) is 116 Å². The zero-order valence-corrected chi connectivity index (χ0v) is 18.5. The molecule has 1 amide bonds. The fraction of sp³-hybridized carbons (Fsp3) is 0.148. The van der Waals surface area contributed by atoms with Gasteiger partial charge in [-0.2, -0.15) is 0 Å². The Balaban J connectivity index is 1.64. The van der Waals surface area contributed by atoms with Crippen molar-refractivity contribution in [2.75, 3.05) is 5.32 Å². The van der Waals surface area contributed by atoms with Gasteiger partial charge in [0.1, 0.15) is 23.3 Å². The van der Waals surface area contributed by atoms with Crippen LogP contribution in [0.2, 0.25) is 0 Å². The van der Waals surface area contributed by atoms with Crippen LogP contribution in [0, 0.1) is 11.8 Å². The molecule has 0 fully saturated rings. The molecule has 8 heteroatoms. The number of hydrogen-bond acceptors (Lipinski definition) is 7. The lowest BCUT2D eigenvalue weighted by Gasteiger charge is -2.34. The molecule has 35 heavy (non-hydrogen) atoms. The van der Waals surface area contributed by atoms with Crippen molar-refractivity contribution in [3.63, 3.8) is 0 Å². The highest BCUT2D eigenvalue weighted by molar-refractivity contribution is 6.18. The summed E-state index contributed by atoms with van der Waals surface area (Å²) in [6, 6.07) is 18.9. The molecule has 0 aromatic heterocycles. The first-order valence-corrected chi connectivity index (χ1v) is 10.9. The fourth-order valence-electron chi connectivity index (χ4n) is 4.60. The molecular weight excluding hydrogens is 450 g/mol. The zero-order valence-electron chi connectivity index (χ0n) is 18.5. The molecule has 3 aromatic carbocycles. The first kappa shape index (κ1) is 22.2. The molecule has 174 valence electrons. The summed E-state index contributed by atoms with van der Waals surface area (Å²) in [5, 5.41) is 2.64. The van der Waals surface area contributed by atoms with Gasteiger partial charge in [-0.3, -0.25) is 24.0 Å². The second-order valence-corrected chi connectivity index (χ2v) is 8.35. The molecule has 2 heterocycles. The highest BCUT2D eigenvalue weighted by Gasteiger charge is 2.52. The largest absolute Gasteiger partial charge is 0.425 e. The summed E-state index contributed by atoms with van der Waals surface area (Å²) < 4.78 is 10.9. The molecule has 2 aliphatic heterocycles. The molecular formula is C27H19NO7. The average molecular weight is 469 g/mol. The van der Waals surface area contributed by atoms with Gasteiger partial charge in [-0.25, -0.2) is 0 Å². The van der Waals surface area contributed by atoms with Crippen molar-refractivity contribution >= 4 is 35.1 Å². The van der Waals surface area contributed by atoms with Gasteiger partial charge in [0.05, 0.1) is 11.1 Å². The number of benzene rings is 3. The number of fused-ring (bicyclic) bond motifs is 2. The lowest BCUT2D eigenvalue weighted by Crippen LogP contribution is -2.46. The van der Waals surface area contributed by atoms with Crippen molar-refractivity contribution in [2.45, 2.75) is 12.8 Å². The molecule has 2 atom stereocenters. The van der Waals surface area contributed by atoms with Crippen molar-refractivity contribution < 1.29 is 33.4 Å². The van der Waals surface area contributed by atoms with Crippen LogP contribution in [-0.4, -0.2) is 29.4 Å². The number of nitrogens with one attached hydrogen (secondary N) is 1. The van der Waals surface area contributed by atoms with Crippen LogP contribution in [0.15, 0.2) is 72.8 Å². The molecule has 0 spiro atoms. The quantitative estimate of drug-likeness (QED) is 0.353. The summed E-state index contributed by atoms with van der Waals surface area (Å²) in [6.07, 6.45) is 0. The predicted octanol–water partition coefficient (Wildman–Crippen LogP) is 3.56. The maximum Gasteiger partial charge on any atom is 0.322 e. The fourth-order valence-corrected chi connectivity index (χ4v) is 4.60. The summed E-state index contributed by atoms with van der Waals surface area (Å²) in [4.78, 5) is 64.7. The smallest absolute Gasteiger partial charge is 0.322 e. The van der Waals surface area contributed by atoms with Gasteiger partial charge in [-0.05, 0) is 42.0 Å². The SMILES string of the molecule is CC(=O)Nc1ccc(C(C2C(=O)Oc3ccccc3C2=O)C2C(=O)Oc3ccccc3C2=O)cc1. The summed E-state index contributed by atoms with van der Waals surface area (Å²) >= 11 is 0. The highest BCUT2D eigenvalue weighted by Crippen LogP contribution is 2.44. The minimum Gasteiger partial charge on any atom is -0.425 e. The monoisotopic (exact) mass is 469 g/mol. The Morgan fingerprint density at radius 3 is 1.63 bits per heavy atom. The minimum absolute atomic E-state index is 0.126. The maximum atomic E-state index is 13.5. The van der Waals surface area contributed by atoms with Gasteiger partial charge in [0, 0.05) is 18.5 Å². The molecule has 1 N–H and O–H groups in total. The third-order valence-electron chi connectivity index (χ3n) is 6.13. The summed E-state index contributed by atoms with van der Waals surface area (Å²) in [5.74, 6) is -6.94. The van der Waals surface area contributed by atoms with E-state index in [-0.39, 0.29) is 28.5 Å². The van der Waals surface area contributed by atoms with Gasteiger partial charge in [0.15, 0.2) is 11.6 Å². The Labute approximate surface area is 199 Å². The van der Waals surface area contributed by atoms with Crippen LogP contribution in [0.1, 0.15) is 39.1 Å². The number of hydrogen-bond donors (Lipinski definition) is 1. The molecule has 0 saturated heterocycles. The predicted molar refractivity (Wildman–Crippen MR) is 123 cm³/mol. The number of Topliss-reactive ketones (excluding diaryl/α,β-unsaturated/α-hetero) is 2. The van der Waals surface area contributed by atoms with E-state index in [1.807, 2.05) is 0 Å². The number of ether oxygens (including phenoxy) is 2. The van der Waals surface area contributed by atoms with Crippen molar-refractivity contribution in [1.82, 2.24) is 0 Å². The molecule has 2 unspecified atom stereocenters. The number of ketones is 2. The first-order valence-electron chi connectivity index (χ1n) is 10.9. The van der Waals surface area contributed by atoms with Crippen LogP contribution in [0.4, 0.5) is 5.69 Å². The number of amides is 1. The number of anilines is 1. The molecule has 8 nitrogen and oxygen atoms in total. The Bertz CT molecular complexity index is 1320. The van der Waals surface area contributed by atoms with Crippen LogP contribution in [0.3, 0.4) is 0 Å². The van der Waals surface area contributed by atoms with Gasteiger partial charge < -0.3 is 14.8 Å². The number of carbonyl (C=O) groups excluding carboxylic acids is 5. The van der Waals surface area contributed by atoms with E-state index in [0.717, 1.165) is 0 Å². The number of esters is 2. The normalized spacial score (nSPS) is 19.7.